The Kier molecular flexibility index (Phi) is 6.51. The fourth-order valence-corrected chi connectivity index (χ4v) is 4.66. The van der Waals surface area contributed by atoms with E-state index in [9.17, 15) is 14.3 Å². The third kappa shape index (κ3) is 4.78. The van der Waals surface area contributed by atoms with Gasteiger partial charge in [-0.05, 0) is 85.2 Å². The van der Waals surface area contributed by atoms with Crippen LogP contribution in [0.4, 0.5) is 4.39 Å². The molecule has 1 unspecified atom stereocenters. The van der Waals surface area contributed by atoms with E-state index in [1.54, 1.807) is 6.92 Å². The Hall–Kier alpha value is -3.58. The van der Waals surface area contributed by atoms with Gasteiger partial charge in [-0.2, -0.15) is 0 Å². The maximum absolute atomic E-state index is 14.9. The highest BCUT2D eigenvalue weighted by Crippen LogP contribution is 2.39. The average molecular weight is 443 g/mol. The summed E-state index contributed by atoms with van der Waals surface area (Å²) in [6, 6.07) is 17.1. The molecule has 0 aliphatic carbocycles. The topological polar surface area (TPSA) is 46.5 Å². The monoisotopic (exact) mass is 442 g/mol. The number of aliphatic carboxylic acids is 1. The van der Waals surface area contributed by atoms with Crippen LogP contribution in [-0.4, -0.2) is 11.1 Å². The van der Waals surface area contributed by atoms with Crippen molar-refractivity contribution in [2.75, 3.05) is 0 Å². The standard InChI is InChI=1S/C29H27FO3/c1-4-6-20(17-28(31)32)21-10-13-26-22(15-21)11-14-27(33-26)24-16-23(9-12-25(24)30)29-18(2)7-5-8-19(29)3/h5,7-10,12-13,15-16,20,27H,11,14,17H2,1-3H3,(H,31,32)/t20-,27?/m0/s1. The van der Waals surface area contributed by atoms with Gasteiger partial charge in [0.1, 0.15) is 17.7 Å². The summed E-state index contributed by atoms with van der Waals surface area (Å²) in [5.74, 6) is 5.02. The van der Waals surface area contributed by atoms with Gasteiger partial charge in [0.2, 0.25) is 0 Å². The molecule has 0 bridgehead atoms. The van der Waals surface area contributed by atoms with E-state index in [1.807, 2.05) is 36.4 Å². The van der Waals surface area contributed by atoms with Crippen LogP contribution in [0, 0.1) is 31.5 Å². The minimum atomic E-state index is -0.879. The second-order valence-electron chi connectivity index (χ2n) is 8.56. The van der Waals surface area contributed by atoms with Crippen LogP contribution in [0.15, 0.2) is 54.6 Å². The van der Waals surface area contributed by atoms with Crippen LogP contribution in [0.1, 0.15) is 59.6 Å². The first kappa shape index (κ1) is 22.6. The van der Waals surface area contributed by atoms with E-state index in [2.05, 4.69) is 37.8 Å². The van der Waals surface area contributed by atoms with Gasteiger partial charge < -0.3 is 9.84 Å². The molecule has 4 heteroatoms. The summed E-state index contributed by atoms with van der Waals surface area (Å²) in [5.41, 5.74) is 6.86. The van der Waals surface area contributed by atoms with Gasteiger partial charge in [0.25, 0.3) is 0 Å². The number of ether oxygens (including phenoxy) is 1. The van der Waals surface area contributed by atoms with Crippen molar-refractivity contribution < 1.29 is 19.0 Å². The molecule has 1 heterocycles. The zero-order valence-corrected chi connectivity index (χ0v) is 19.1. The summed E-state index contributed by atoms with van der Waals surface area (Å²) in [7, 11) is 0. The van der Waals surface area contributed by atoms with Crippen molar-refractivity contribution in [3.8, 4) is 28.7 Å². The average Bonchev–Trinajstić information content (AvgIpc) is 2.79. The van der Waals surface area contributed by atoms with Gasteiger partial charge in [-0.15, -0.1) is 5.92 Å². The molecular weight excluding hydrogens is 415 g/mol. The lowest BCUT2D eigenvalue weighted by atomic mass is 9.89. The van der Waals surface area contributed by atoms with Crippen molar-refractivity contribution in [3.63, 3.8) is 0 Å². The minimum Gasteiger partial charge on any atom is -0.485 e. The molecule has 0 fully saturated rings. The first-order valence-electron chi connectivity index (χ1n) is 11.2. The zero-order valence-electron chi connectivity index (χ0n) is 19.1. The third-order valence-electron chi connectivity index (χ3n) is 6.24. The van der Waals surface area contributed by atoms with Crippen LogP contribution in [-0.2, 0) is 11.2 Å². The normalized spacial score (nSPS) is 15.6. The summed E-state index contributed by atoms with van der Waals surface area (Å²) >= 11 is 0. The largest absolute Gasteiger partial charge is 0.485 e. The predicted molar refractivity (Wildman–Crippen MR) is 128 cm³/mol. The Morgan fingerprint density at radius 2 is 1.91 bits per heavy atom. The van der Waals surface area contributed by atoms with Crippen molar-refractivity contribution >= 4 is 5.97 Å². The van der Waals surface area contributed by atoms with Gasteiger partial charge in [0.05, 0.1) is 12.3 Å². The molecule has 3 aromatic carbocycles. The molecule has 4 rings (SSSR count). The Balaban J connectivity index is 1.63. The maximum atomic E-state index is 14.9. The fraction of sp³-hybridized carbons (Fsp3) is 0.276. The smallest absolute Gasteiger partial charge is 0.304 e. The highest BCUT2D eigenvalue weighted by molar-refractivity contribution is 5.71. The first-order chi connectivity index (χ1) is 15.9. The van der Waals surface area contributed by atoms with Crippen molar-refractivity contribution in [1.82, 2.24) is 0 Å². The van der Waals surface area contributed by atoms with Crippen LogP contribution < -0.4 is 4.74 Å². The molecular formula is C29H27FO3. The number of aryl methyl sites for hydroxylation is 3. The van der Waals surface area contributed by atoms with Crippen LogP contribution in [0.25, 0.3) is 11.1 Å². The Morgan fingerprint density at radius 3 is 2.61 bits per heavy atom. The summed E-state index contributed by atoms with van der Waals surface area (Å²) in [6.45, 7) is 5.84. The molecule has 0 spiro atoms. The molecule has 1 N–H and O–H groups in total. The molecule has 1 aliphatic heterocycles. The van der Waals surface area contributed by atoms with Crippen molar-refractivity contribution in [3.05, 3.63) is 88.2 Å². The summed E-state index contributed by atoms with van der Waals surface area (Å²) < 4.78 is 21.1. The number of carboxylic acid groups (broad SMARTS) is 1. The van der Waals surface area contributed by atoms with E-state index in [1.165, 1.54) is 6.07 Å². The molecule has 33 heavy (non-hydrogen) atoms. The van der Waals surface area contributed by atoms with Crippen LogP contribution >= 0.6 is 0 Å². The van der Waals surface area contributed by atoms with E-state index >= 15 is 0 Å². The van der Waals surface area contributed by atoms with Crippen LogP contribution in [0.3, 0.4) is 0 Å². The quantitative estimate of drug-likeness (QED) is 0.444. The molecule has 3 nitrogen and oxygen atoms in total. The van der Waals surface area contributed by atoms with E-state index in [0.29, 0.717) is 17.7 Å². The lowest BCUT2D eigenvalue weighted by molar-refractivity contribution is -0.137. The minimum absolute atomic E-state index is 0.0422. The van der Waals surface area contributed by atoms with E-state index in [0.717, 1.165) is 39.8 Å². The second kappa shape index (κ2) is 9.50. The summed E-state index contributed by atoms with van der Waals surface area (Å²) in [5, 5.41) is 9.21. The molecule has 0 saturated heterocycles. The van der Waals surface area contributed by atoms with E-state index < -0.39 is 5.97 Å². The number of fused-ring (bicyclic) bond motifs is 1. The van der Waals surface area contributed by atoms with Gasteiger partial charge >= 0.3 is 5.97 Å². The molecule has 0 aromatic heterocycles. The molecule has 0 amide bonds. The lowest BCUT2D eigenvalue weighted by Crippen LogP contribution is -2.17. The van der Waals surface area contributed by atoms with Crippen molar-refractivity contribution in [1.29, 1.82) is 0 Å². The van der Waals surface area contributed by atoms with Crippen molar-refractivity contribution in [2.24, 2.45) is 0 Å². The number of halogens is 1. The van der Waals surface area contributed by atoms with Crippen LogP contribution in [0.5, 0.6) is 5.75 Å². The molecule has 0 saturated carbocycles. The lowest BCUT2D eigenvalue weighted by Gasteiger charge is -2.28. The fourth-order valence-electron chi connectivity index (χ4n) is 4.66. The SMILES string of the molecule is CC#C[C@@H](CC(=O)O)c1ccc2c(c1)CCC(c1cc(-c3c(C)cccc3C)ccc1F)O2. The molecule has 3 aromatic rings. The van der Waals surface area contributed by atoms with Gasteiger partial charge in [-0.1, -0.05) is 42.3 Å². The van der Waals surface area contributed by atoms with Gasteiger partial charge in [0, 0.05) is 5.56 Å². The predicted octanol–water partition coefficient (Wildman–Crippen LogP) is 6.76. The van der Waals surface area contributed by atoms with Gasteiger partial charge in [-0.25, -0.2) is 4.39 Å². The van der Waals surface area contributed by atoms with E-state index in [-0.39, 0.29) is 24.3 Å². The number of benzene rings is 3. The van der Waals surface area contributed by atoms with Gasteiger partial charge in [-0.3, -0.25) is 4.79 Å². The number of hydrogen-bond acceptors (Lipinski definition) is 2. The Labute approximate surface area is 194 Å². The number of rotatable bonds is 5. The molecule has 0 radical (unpaired) electrons. The molecule has 1 aliphatic rings. The summed E-state index contributed by atoms with van der Waals surface area (Å²) in [6.07, 6.45) is 0.949. The van der Waals surface area contributed by atoms with Gasteiger partial charge in [0.15, 0.2) is 0 Å². The third-order valence-corrected chi connectivity index (χ3v) is 6.24. The second-order valence-corrected chi connectivity index (χ2v) is 8.56. The van der Waals surface area contributed by atoms with Crippen molar-refractivity contribution in [2.45, 2.75) is 52.1 Å². The number of carbonyl (C=O) groups is 1. The van der Waals surface area contributed by atoms with E-state index in [4.69, 9.17) is 4.74 Å². The maximum Gasteiger partial charge on any atom is 0.304 e. The Morgan fingerprint density at radius 1 is 1.15 bits per heavy atom. The summed E-state index contributed by atoms with van der Waals surface area (Å²) in [4.78, 5) is 11.2. The Bertz CT molecular complexity index is 1250. The highest BCUT2D eigenvalue weighted by Gasteiger charge is 2.26. The highest BCUT2D eigenvalue weighted by atomic mass is 19.1. The van der Waals surface area contributed by atoms with Crippen LogP contribution in [0.2, 0.25) is 0 Å². The zero-order chi connectivity index (χ0) is 23.5. The molecule has 168 valence electrons. The number of carboxylic acids is 1. The number of hydrogen-bond donors (Lipinski definition) is 1. The first-order valence-corrected chi connectivity index (χ1v) is 11.2. The molecule has 2 atom stereocenters.